The smallest absolute Gasteiger partial charge is 0.0905 e. The molecule has 0 radical (unpaired) electrons. The van der Waals surface area contributed by atoms with E-state index in [2.05, 4.69) is 24.0 Å². The van der Waals surface area contributed by atoms with Crippen LogP contribution in [0.4, 0.5) is 0 Å². The lowest BCUT2D eigenvalue weighted by Crippen LogP contribution is -2.48. The largest absolute Gasteiger partial charge is 0.387 e. The highest BCUT2D eigenvalue weighted by atomic mass is 16.5. The quantitative estimate of drug-likeness (QED) is 0.784. The molecule has 1 N–H and O–H groups in total. The van der Waals surface area contributed by atoms with Crippen LogP contribution in [0.3, 0.4) is 0 Å². The summed E-state index contributed by atoms with van der Waals surface area (Å²) in [6, 6.07) is 0.196. The summed E-state index contributed by atoms with van der Waals surface area (Å²) in [7, 11) is 0. The molecule has 0 aromatic carbocycles. The molecule has 0 saturated carbocycles. The van der Waals surface area contributed by atoms with Crippen molar-refractivity contribution in [2.75, 3.05) is 26.3 Å². The van der Waals surface area contributed by atoms with Gasteiger partial charge in [-0.15, -0.1) is 0 Å². The van der Waals surface area contributed by atoms with Crippen LogP contribution >= 0.6 is 0 Å². The lowest BCUT2D eigenvalue weighted by atomic mass is 9.95. The fraction of sp³-hybridized carbons (Fsp3) is 0.692. The molecule has 0 bridgehead atoms. The first-order valence-electron chi connectivity index (χ1n) is 6.14. The molecule has 3 heteroatoms. The summed E-state index contributed by atoms with van der Waals surface area (Å²) in [5.41, 5.74) is 1.17. The molecule has 2 atom stereocenters. The summed E-state index contributed by atoms with van der Waals surface area (Å²) in [5.74, 6) is 0. The summed E-state index contributed by atoms with van der Waals surface area (Å²) in [6.45, 7) is 5.55. The minimum absolute atomic E-state index is 0.196. The molecule has 0 aromatic rings. The zero-order chi connectivity index (χ0) is 11.4. The monoisotopic (exact) mass is 223 g/mol. The summed E-state index contributed by atoms with van der Waals surface area (Å²) < 4.78 is 5.33. The predicted octanol–water partition coefficient (Wildman–Crippen LogP) is 1.34. The number of morpholine rings is 1. The van der Waals surface area contributed by atoms with Gasteiger partial charge in [0.1, 0.15) is 0 Å². The lowest BCUT2D eigenvalue weighted by molar-refractivity contribution is -0.00795. The van der Waals surface area contributed by atoms with Gasteiger partial charge in [-0.05, 0) is 25.3 Å². The van der Waals surface area contributed by atoms with Crippen LogP contribution < -0.4 is 0 Å². The summed E-state index contributed by atoms with van der Waals surface area (Å²) in [5, 5.41) is 10.3. The van der Waals surface area contributed by atoms with E-state index in [-0.39, 0.29) is 12.1 Å². The standard InChI is InChI=1S/C13H21NO2/c1-11(14-7-9-16-10-8-14)13(15)12-5-3-2-4-6-12/h2-3,5,11,13,15H,4,6-10H2,1H3/t11-,13-/m1/s1. The van der Waals surface area contributed by atoms with Gasteiger partial charge in [0.2, 0.25) is 0 Å². The average molecular weight is 223 g/mol. The Morgan fingerprint density at radius 2 is 2.12 bits per heavy atom. The molecule has 0 amide bonds. The maximum Gasteiger partial charge on any atom is 0.0905 e. The second kappa shape index (κ2) is 5.62. The third-order valence-electron chi connectivity index (χ3n) is 3.50. The third-order valence-corrected chi connectivity index (χ3v) is 3.50. The Labute approximate surface area is 97.4 Å². The van der Waals surface area contributed by atoms with Crippen molar-refractivity contribution in [3.8, 4) is 0 Å². The van der Waals surface area contributed by atoms with E-state index in [1.54, 1.807) is 0 Å². The molecule has 0 unspecified atom stereocenters. The van der Waals surface area contributed by atoms with E-state index < -0.39 is 0 Å². The zero-order valence-corrected chi connectivity index (χ0v) is 9.93. The van der Waals surface area contributed by atoms with Crippen molar-refractivity contribution >= 4 is 0 Å². The molecule has 16 heavy (non-hydrogen) atoms. The van der Waals surface area contributed by atoms with Crippen LogP contribution in [-0.4, -0.2) is 48.5 Å². The van der Waals surface area contributed by atoms with Crippen molar-refractivity contribution in [1.82, 2.24) is 4.90 Å². The van der Waals surface area contributed by atoms with E-state index in [9.17, 15) is 5.11 Å². The van der Waals surface area contributed by atoms with Crippen LogP contribution in [-0.2, 0) is 4.74 Å². The molecule has 1 aliphatic heterocycles. The molecule has 3 nitrogen and oxygen atoms in total. The van der Waals surface area contributed by atoms with Gasteiger partial charge in [0.05, 0.1) is 19.3 Å². The normalized spacial score (nSPS) is 26.2. The van der Waals surface area contributed by atoms with Crippen LogP contribution in [0.15, 0.2) is 23.8 Å². The Bertz CT molecular complexity index is 280. The van der Waals surface area contributed by atoms with E-state index in [1.807, 2.05) is 6.08 Å². The van der Waals surface area contributed by atoms with Gasteiger partial charge in [-0.2, -0.15) is 0 Å². The Balaban J connectivity index is 1.94. The van der Waals surface area contributed by atoms with Gasteiger partial charge in [0.25, 0.3) is 0 Å². The van der Waals surface area contributed by atoms with Crippen molar-refractivity contribution in [2.45, 2.75) is 31.9 Å². The fourth-order valence-electron chi connectivity index (χ4n) is 2.36. The Hall–Kier alpha value is -0.640. The predicted molar refractivity (Wildman–Crippen MR) is 64.3 cm³/mol. The van der Waals surface area contributed by atoms with Gasteiger partial charge < -0.3 is 9.84 Å². The third kappa shape index (κ3) is 2.73. The zero-order valence-electron chi connectivity index (χ0n) is 9.93. The molecule has 90 valence electrons. The Morgan fingerprint density at radius 1 is 1.38 bits per heavy atom. The van der Waals surface area contributed by atoms with Gasteiger partial charge in [-0.25, -0.2) is 0 Å². The van der Waals surface area contributed by atoms with Crippen LogP contribution in [0.25, 0.3) is 0 Å². The van der Waals surface area contributed by atoms with Crippen LogP contribution in [0.1, 0.15) is 19.8 Å². The molecule has 2 aliphatic rings. The second-order valence-electron chi connectivity index (χ2n) is 4.54. The number of rotatable bonds is 3. The van der Waals surface area contributed by atoms with Crippen LogP contribution in [0.5, 0.6) is 0 Å². The molecule has 1 fully saturated rings. The summed E-state index contributed by atoms with van der Waals surface area (Å²) in [6.07, 6.45) is 7.97. The highest BCUT2D eigenvalue weighted by Gasteiger charge is 2.25. The summed E-state index contributed by atoms with van der Waals surface area (Å²) >= 11 is 0. The average Bonchev–Trinajstić information content (AvgIpc) is 2.39. The van der Waals surface area contributed by atoms with Gasteiger partial charge in [-0.1, -0.05) is 18.2 Å². The highest BCUT2D eigenvalue weighted by molar-refractivity contribution is 5.22. The van der Waals surface area contributed by atoms with Crippen molar-refractivity contribution in [2.24, 2.45) is 0 Å². The molecule has 1 saturated heterocycles. The summed E-state index contributed by atoms with van der Waals surface area (Å²) in [4.78, 5) is 2.31. The maximum absolute atomic E-state index is 10.3. The van der Waals surface area contributed by atoms with Crippen molar-refractivity contribution in [3.05, 3.63) is 23.8 Å². The van der Waals surface area contributed by atoms with Crippen molar-refractivity contribution in [3.63, 3.8) is 0 Å². The molecule has 0 aromatic heterocycles. The fourth-order valence-corrected chi connectivity index (χ4v) is 2.36. The van der Waals surface area contributed by atoms with Crippen LogP contribution in [0.2, 0.25) is 0 Å². The van der Waals surface area contributed by atoms with Gasteiger partial charge in [0.15, 0.2) is 0 Å². The van der Waals surface area contributed by atoms with E-state index >= 15 is 0 Å². The van der Waals surface area contributed by atoms with Gasteiger partial charge in [-0.3, -0.25) is 4.90 Å². The number of ether oxygens (including phenoxy) is 1. The molecule has 0 spiro atoms. The van der Waals surface area contributed by atoms with Crippen molar-refractivity contribution in [1.29, 1.82) is 0 Å². The second-order valence-corrected chi connectivity index (χ2v) is 4.54. The minimum atomic E-state index is -0.331. The molecular weight excluding hydrogens is 202 g/mol. The van der Waals surface area contributed by atoms with Gasteiger partial charge in [0, 0.05) is 19.1 Å². The lowest BCUT2D eigenvalue weighted by Gasteiger charge is -2.36. The molecule has 1 aliphatic carbocycles. The molecule has 1 heterocycles. The van der Waals surface area contributed by atoms with E-state index in [1.165, 1.54) is 5.57 Å². The van der Waals surface area contributed by atoms with E-state index in [0.29, 0.717) is 0 Å². The van der Waals surface area contributed by atoms with E-state index in [4.69, 9.17) is 4.74 Å². The molecular formula is C13H21NO2. The number of nitrogens with zero attached hydrogens (tertiary/aromatic N) is 1. The number of aliphatic hydroxyl groups is 1. The first-order chi connectivity index (χ1) is 7.79. The number of hydrogen-bond donors (Lipinski definition) is 1. The van der Waals surface area contributed by atoms with E-state index in [0.717, 1.165) is 39.1 Å². The minimum Gasteiger partial charge on any atom is -0.387 e. The maximum atomic E-state index is 10.3. The Kier molecular flexibility index (Phi) is 4.16. The first kappa shape index (κ1) is 11.8. The first-order valence-corrected chi connectivity index (χ1v) is 6.14. The number of aliphatic hydroxyl groups excluding tert-OH is 1. The number of hydrogen-bond acceptors (Lipinski definition) is 3. The Morgan fingerprint density at radius 3 is 2.75 bits per heavy atom. The van der Waals surface area contributed by atoms with Gasteiger partial charge >= 0.3 is 0 Å². The topological polar surface area (TPSA) is 32.7 Å². The molecule has 2 rings (SSSR count). The van der Waals surface area contributed by atoms with Crippen LogP contribution in [0, 0.1) is 0 Å². The number of allylic oxidation sites excluding steroid dienone is 3. The SMILES string of the molecule is C[C@H]([C@@H](O)C1=CC=CCC1)N1CCOCC1. The highest BCUT2D eigenvalue weighted by Crippen LogP contribution is 2.20. The van der Waals surface area contributed by atoms with Crippen molar-refractivity contribution < 1.29 is 9.84 Å².